The zero-order chi connectivity index (χ0) is 12.0. The molecule has 0 bridgehead atoms. The number of nitrogens with zero attached hydrogens (tertiary/aromatic N) is 2. The lowest BCUT2D eigenvalue weighted by Gasteiger charge is -2.10. The van der Waals surface area contributed by atoms with Gasteiger partial charge in [0.15, 0.2) is 0 Å². The van der Waals surface area contributed by atoms with Crippen molar-refractivity contribution in [3.05, 3.63) is 6.07 Å². The van der Waals surface area contributed by atoms with E-state index in [1.54, 1.807) is 6.07 Å². The maximum absolute atomic E-state index is 5.60. The summed E-state index contributed by atoms with van der Waals surface area (Å²) in [6, 6.07) is 1.77. The number of nitrogens with two attached hydrogens (primary N) is 1. The quantitative estimate of drug-likeness (QED) is 0.772. The molecule has 1 aromatic rings. The number of aromatic nitrogens is 2. The minimum atomic E-state index is 0.236. The molecule has 0 radical (unpaired) electrons. The lowest BCUT2D eigenvalue weighted by molar-refractivity contribution is 0.261. The van der Waals surface area contributed by atoms with Crippen LogP contribution in [0.5, 0.6) is 5.88 Å². The van der Waals surface area contributed by atoms with Crippen LogP contribution in [0.1, 0.15) is 27.2 Å². The van der Waals surface area contributed by atoms with Gasteiger partial charge < -0.3 is 15.8 Å². The van der Waals surface area contributed by atoms with E-state index >= 15 is 0 Å². The average Bonchev–Trinajstić information content (AvgIpc) is 2.23. The summed E-state index contributed by atoms with van der Waals surface area (Å²) in [6.07, 6.45) is 1.03. The molecule has 0 amide bonds. The Balaban J connectivity index is 2.65. The Morgan fingerprint density at radius 2 is 2.19 bits per heavy atom. The molecule has 3 N–H and O–H groups in total. The first-order valence-corrected chi connectivity index (χ1v) is 5.63. The molecule has 0 aliphatic rings. The molecule has 0 aliphatic heterocycles. The van der Waals surface area contributed by atoms with Crippen molar-refractivity contribution in [2.75, 3.05) is 24.2 Å². The maximum atomic E-state index is 5.60. The first-order valence-electron chi connectivity index (χ1n) is 5.63. The van der Waals surface area contributed by atoms with Crippen molar-refractivity contribution in [1.82, 2.24) is 9.97 Å². The predicted octanol–water partition coefficient (Wildman–Crippen LogP) is 1.92. The minimum Gasteiger partial charge on any atom is -0.477 e. The van der Waals surface area contributed by atoms with Crippen molar-refractivity contribution < 1.29 is 4.74 Å². The van der Waals surface area contributed by atoms with E-state index in [0.29, 0.717) is 24.2 Å². The highest BCUT2D eigenvalue weighted by atomic mass is 16.5. The molecule has 0 aliphatic carbocycles. The molecule has 0 fully saturated rings. The molecule has 0 spiro atoms. The normalized spacial score (nSPS) is 10.5. The second-order valence-corrected chi connectivity index (χ2v) is 4.08. The summed E-state index contributed by atoms with van der Waals surface area (Å²) in [5, 5.41) is 3.15. The number of hydrogen-bond donors (Lipinski definition) is 2. The zero-order valence-corrected chi connectivity index (χ0v) is 10.2. The smallest absolute Gasteiger partial charge is 0.225 e. The Bertz CT molecular complexity index is 328. The molecule has 0 atom stereocenters. The van der Waals surface area contributed by atoms with Crippen LogP contribution in [0.4, 0.5) is 11.8 Å². The number of nitrogens with one attached hydrogen (secondary N) is 1. The van der Waals surface area contributed by atoms with Gasteiger partial charge >= 0.3 is 0 Å². The lowest BCUT2D eigenvalue weighted by atomic mass is 10.2. The number of rotatable bonds is 6. The van der Waals surface area contributed by atoms with Crippen LogP contribution in [0.2, 0.25) is 0 Å². The van der Waals surface area contributed by atoms with Gasteiger partial charge in [0.25, 0.3) is 0 Å². The summed E-state index contributed by atoms with van der Waals surface area (Å²) in [6.45, 7) is 7.75. The summed E-state index contributed by atoms with van der Waals surface area (Å²) in [5.41, 5.74) is 5.60. The Hall–Kier alpha value is -1.52. The fourth-order valence-corrected chi connectivity index (χ4v) is 1.11. The van der Waals surface area contributed by atoms with Gasteiger partial charge in [0.2, 0.25) is 11.8 Å². The van der Waals surface area contributed by atoms with Gasteiger partial charge in [0.1, 0.15) is 5.82 Å². The van der Waals surface area contributed by atoms with Crippen LogP contribution >= 0.6 is 0 Å². The SMILES string of the molecule is CCCNc1cc(OCC(C)C)nc(N)n1. The molecule has 16 heavy (non-hydrogen) atoms. The van der Waals surface area contributed by atoms with Crippen molar-refractivity contribution in [3.8, 4) is 5.88 Å². The van der Waals surface area contributed by atoms with Crippen LogP contribution in [0.15, 0.2) is 6.07 Å². The van der Waals surface area contributed by atoms with Crippen LogP contribution in [0.25, 0.3) is 0 Å². The van der Waals surface area contributed by atoms with Crippen molar-refractivity contribution in [1.29, 1.82) is 0 Å². The third-order valence-corrected chi connectivity index (χ3v) is 1.84. The lowest BCUT2D eigenvalue weighted by Crippen LogP contribution is -2.09. The fraction of sp³-hybridized carbons (Fsp3) is 0.636. The average molecular weight is 224 g/mol. The molecule has 1 rings (SSSR count). The fourth-order valence-electron chi connectivity index (χ4n) is 1.11. The Labute approximate surface area is 96.4 Å². The Kier molecular flexibility index (Phi) is 4.82. The van der Waals surface area contributed by atoms with Gasteiger partial charge in [-0.1, -0.05) is 20.8 Å². The molecular weight excluding hydrogens is 204 g/mol. The van der Waals surface area contributed by atoms with Crippen LogP contribution in [-0.4, -0.2) is 23.1 Å². The van der Waals surface area contributed by atoms with E-state index in [0.717, 1.165) is 13.0 Å². The molecule has 5 heteroatoms. The summed E-state index contributed by atoms with van der Waals surface area (Å²) < 4.78 is 5.50. The first-order chi connectivity index (χ1) is 7.61. The molecule has 1 heterocycles. The molecule has 0 unspecified atom stereocenters. The predicted molar refractivity (Wildman–Crippen MR) is 65.6 cm³/mol. The molecule has 0 aromatic carbocycles. The highest BCUT2D eigenvalue weighted by molar-refractivity contribution is 5.42. The third kappa shape index (κ3) is 4.33. The molecule has 1 aromatic heterocycles. The number of anilines is 2. The Morgan fingerprint density at radius 1 is 1.44 bits per heavy atom. The van der Waals surface area contributed by atoms with Crippen molar-refractivity contribution in [2.45, 2.75) is 27.2 Å². The monoisotopic (exact) mass is 224 g/mol. The molecule has 90 valence electrons. The summed E-state index contributed by atoms with van der Waals surface area (Å²) in [4.78, 5) is 8.09. The van der Waals surface area contributed by atoms with Crippen molar-refractivity contribution in [2.24, 2.45) is 5.92 Å². The van der Waals surface area contributed by atoms with Gasteiger partial charge in [-0.25, -0.2) is 0 Å². The molecule has 0 saturated heterocycles. The van der Waals surface area contributed by atoms with E-state index in [-0.39, 0.29) is 5.95 Å². The van der Waals surface area contributed by atoms with Crippen LogP contribution in [-0.2, 0) is 0 Å². The number of nitrogen functional groups attached to an aromatic ring is 1. The van der Waals surface area contributed by atoms with Gasteiger partial charge in [0.05, 0.1) is 6.61 Å². The van der Waals surface area contributed by atoms with Crippen LogP contribution in [0, 0.1) is 5.92 Å². The molecule has 5 nitrogen and oxygen atoms in total. The minimum absolute atomic E-state index is 0.236. The van der Waals surface area contributed by atoms with Crippen LogP contribution < -0.4 is 15.8 Å². The largest absolute Gasteiger partial charge is 0.477 e. The standard InChI is InChI=1S/C11H20N4O/c1-4-5-13-9-6-10(15-11(12)14-9)16-7-8(2)3/h6,8H,4-5,7H2,1-3H3,(H3,12,13,14,15). The molecule has 0 saturated carbocycles. The highest BCUT2D eigenvalue weighted by Crippen LogP contribution is 2.15. The van der Waals surface area contributed by atoms with E-state index in [1.807, 2.05) is 0 Å². The summed E-state index contributed by atoms with van der Waals surface area (Å²) >= 11 is 0. The van der Waals surface area contributed by atoms with E-state index in [1.165, 1.54) is 0 Å². The van der Waals surface area contributed by atoms with E-state index in [4.69, 9.17) is 10.5 Å². The summed E-state index contributed by atoms with van der Waals surface area (Å²) in [5.74, 6) is 1.94. The van der Waals surface area contributed by atoms with E-state index in [2.05, 4.69) is 36.1 Å². The van der Waals surface area contributed by atoms with Gasteiger partial charge in [-0.3, -0.25) is 0 Å². The Morgan fingerprint density at radius 3 is 2.81 bits per heavy atom. The second kappa shape index (κ2) is 6.15. The number of ether oxygens (including phenoxy) is 1. The summed E-state index contributed by atoms with van der Waals surface area (Å²) in [7, 11) is 0. The topological polar surface area (TPSA) is 73.1 Å². The van der Waals surface area contributed by atoms with E-state index < -0.39 is 0 Å². The van der Waals surface area contributed by atoms with Crippen molar-refractivity contribution in [3.63, 3.8) is 0 Å². The number of hydrogen-bond acceptors (Lipinski definition) is 5. The van der Waals surface area contributed by atoms with Crippen molar-refractivity contribution >= 4 is 11.8 Å². The van der Waals surface area contributed by atoms with Gasteiger partial charge in [-0.2, -0.15) is 9.97 Å². The van der Waals surface area contributed by atoms with Gasteiger partial charge in [-0.05, 0) is 12.3 Å². The van der Waals surface area contributed by atoms with Gasteiger partial charge in [0, 0.05) is 12.6 Å². The van der Waals surface area contributed by atoms with Crippen LogP contribution in [0.3, 0.4) is 0 Å². The van der Waals surface area contributed by atoms with Gasteiger partial charge in [-0.15, -0.1) is 0 Å². The zero-order valence-electron chi connectivity index (χ0n) is 10.2. The third-order valence-electron chi connectivity index (χ3n) is 1.84. The maximum Gasteiger partial charge on any atom is 0.225 e. The second-order valence-electron chi connectivity index (χ2n) is 4.08. The van der Waals surface area contributed by atoms with E-state index in [9.17, 15) is 0 Å². The highest BCUT2D eigenvalue weighted by Gasteiger charge is 2.03. The first kappa shape index (κ1) is 12.5. The molecular formula is C11H20N4O.